The van der Waals surface area contributed by atoms with Gasteiger partial charge in [0.2, 0.25) is 0 Å². The van der Waals surface area contributed by atoms with Crippen LogP contribution >= 0.6 is 0 Å². The number of hydrogen-bond donors (Lipinski definition) is 0. The highest BCUT2D eigenvalue weighted by atomic mass is 16.6. The summed E-state index contributed by atoms with van der Waals surface area (Å²) in [5.41, 5.74) is 2.16. The first-order valence-electron chi connectivity index (χ1n) is 14.8. The zero-order chi connectivity index (χ0) is 28.0. The van der Waals surface area contributed by atoms with Gasteiger partial charge < -0.3 is 37.9 Å². The maximum absolute atomic E-state index is 6.43. The van der Waals surface area contributed by atoms with Crippen molar-refractivity contribution in [3.8, 4) is 23.0 Å². The number of fused-ring (bicyclic) bond motifs is 2. The number of epoxide rings is 4. The molecule has 4 aromatic carbocycles. The van der Waals surface area contributed by atoms with Crippen LogP contribution in [0.25, 0.3) is 21.5 Å². The molecule has 4 aliphatic rings. The Labute approximate surface area is 244 Å². The van der Waals surface area contributed by atoms with Crippen LogP contribution < -0.4 is 18.9 Å². The molecule has 4 aliphatic heterocycles. The van der Waals surface area contributed by atoms with Crippen molar-refractivity contribution in [2.45, 2.75) is 37.3 Å². The topological polar surface area (TPSA) is 87.0 Å². The molecule has 8 nitrogen and oxygen atoms in total. The molecule has 4 fully saturated rings. The van der Waals surface area contributed by atoms with E-state index in [1.807, 2.05) is 12.1 Å². The van der Waals surface area contributed by atoms with Gasteiger partial charge in [0.05, 0.1) is 26.4 Å². The van der Waals surface area contributed by atoms with Crippen molar-refractivity contribution in [2.75, 3.05) is 52.9 Å². The van der Waals surface area contributed by atoms with E-state index in [1.54, 1.807) is 0 Å². The zero-order valence-corrected chi connectivity index (χ0v) is 23.6. The number of benzene rings is 4. The van der Waals surface area contributed by atoms with Crippen molar-refractivity contribution in [2.24, 2.45) is 0 Å². The normalized spacial score (nSPS) is 24.3. The Balaban J connectivity index is 1.24. The van der Waals surface area contributed by atoms with Gasteiger partial charge in [-0.15, -0.1) is 0 Å². The molecule has 8 rings (SSSR count). The fourth-order valence-corrected chi connectivity index (χ4v) is 5.47. The number of ether oxygens (including phenoxy) is 8. The maximum atomic E-state index is 6.43. The van der Waals surface area contributed by atoms with Gasteiger partial charge in [0, 0.05) is 17.0 Å². The number of rotatable bonds is 14. The van der Waals surface area contributed by atoms with Crippen molar-refractivity contribution in [1.82, 2.24) is 0 Å². The molecule has 4 saturated heterocycles. The number of hydrogen-bond acceptors (Lipinski definition) is 8. The third kappa shape index (κ3) is 5.85. The van der Waals surface area contributed by atoms with E-state index in [4.69, 9.17) is 37.9 Å². The first-order valence-corrected chi connectivity index (χ1v) is 14.8. The Hall–Kier alpha value is -3.56. The van der Waals surface area contributed by atoms with Crippen LogP contribution in [-0.2, 0) is 18.9 Å². The average Bonchev–Trinajstić information content (AvgIpc) is 3.84. The Kier molecular flexibility index (Phi) is 6.79. The molecule has 0 N–H and O–H groups in total. The van der Waals surface area contributed by atoms with Gasteiger partial charge in [-0.1, -0.05) is 31.2 Å². The van der Waals surface area contributed by atoms with Gasteiger partial charge in [0.1, 0.15) is 73.8 Å². The fraction of sp³-hybridized carbons (Fsp3) is 0.412. The third-order valence-corrected chi connectivity index (χ3v) is 8.19. The molecule has 218 valence electrons. The second kappa shape index (κ2) is 10.9. The van der Waals surface area contributed by atoms with Crippen molar-refractivity contribution in [1.29, 1.82) is 0 Å². The summed E-state index contributed by atoms with van der Waals surface area (Å²) in [6, 6.07) is 20.9. The van der Waals surface area contributed by atoms with Crippen LogP contribution in [0.2, 0.25) is 0 Å². The molecule has 4 heterocycles. The molecule has 0 aliphatic carbocycles. The predicted molar refractivity (Wildman–Crippen MR) is 156 cm³/mol. The highest BCUT2D eigenvalue weighted by molar-refractivity contribution is 5.94. The van der Waals surface area contributed by atoms with Crippen LogP contribution in [-0.4, -0.2) is 77.3 Å². The highest BCUT2D eigenvalue weighted by Gasteiger charge is 2.29. The SMILES string of the molecule is CC(c1c(OCC2CO2)ccc2ccc(OCC3CO3)cc12)c1c(OCC2CO2)ccc2ccc(OCC3CO3)cc12. The lowest BCUT2D eigenvalue weighted by Crippen LogP contribution is -2.11. The summed E-state index contributed by atoms with van der Waals surface area (Å²) in [6.45, 7) is 7.33. The molecule has 0 aromatic heterocycles. The fourth-order valence-electron chi connectivity index (χ4n) is 5.47. The van der Waals surface area contributed by atoms with Crippen LogP contribution in [0, 0.1) is 0 Å². The standard InChI is InChI=1S/C34H34O8/c1-20(33-29-10-23(35-12-25-14-37-25)6-2-21(29)4-8-31(33)41-18-27-16-39-27)34-30-11-24(36-13-26-15-38-26)7-3-22(30)5-9-32(34)42-19-28-17-40-28/h2-11,20,25-28H,12-19H2,1H3. The first kappa shape index (κ1) is 26.1. The van der Waals surface area contributed by atoms with E-state index in [0.29, 0.717) is 26.4 Å². The van der Waals surface area contributed by atoms with Crippen molar-refractivity contribution in [3.05, 3.63) is 71.8 Å². The zero-order valence-electron chi connectivity index (χ0n) is 23.6. The van der Waals surface area contributed by atoms with Gasteiger partial charge in [0.15, 0.2) is 0 Å². The Morgan fingerprint density at radius 1 is 0.548 bits per heavy atom. The molecule has 0 bridgehead atoms. The molecular formula is C34H34O8. The van der Waals surface area contributed by atoms with E-state index < -0.39 is 0 Å². The van der Waals surface area contributed by atoms with Gasteiger partial charge >= 0.3 is 0 Å². The largest absolute Gasteiger partial charge is 0.491 e. The molecule has 0 saturated carbocycles. The van der Waals surface area contributed by atoms with Crippen molar-refractivity contribution >= 4 is 21.5 Å². The molecule has 8 heteroatoms. The summed E-state index contributed by atoms with van der Waals surface area (Å²) in [7, 11) is 0. The lowest BCUT2D eigenvalue weighted by atomic mass is 9.85. The minimum Gasteiger partial charge on any atom is -0.491 e. The lowest BCUT2D eigenvalue weighted by molar-refractivity contribution is 0.258. The lowest BCUT2D eigenvalue weighted by Gasteiger charge is -2.24. The molecule has 4 unspecified atom stereocenters. The Morgan fingerprint density at radius 3 is 1.29 bits per heavy atom. The smallest absolute Gasteiger partial charge is 0.123 e. The van der Waals surface area contributed by atoms with Crippen LogP contribution in [0.1, 0.15) is 24.0 Å². The summed E-state index contributed by atoms with van der Waals surface area (Å²) in [5.74, 6) is 3.20. The van der Waals surface area contributed by atoms with E-state index in [1.165, 1.54) is 0 Å². The second-order valence-corrected chi connectivity index (χ2v) is 11.5. The van der Waals surface area contributed by atoms with E-state index in [2.05, 4.69) is 55.5 Å². The van der Waals surface area contributed by atoms with Crippen molar-refractivity contribution in [3.63, 3.8) is 0 Å². The third-order valence-electron chi connectivity index (χ3n) is 8.19. The van der Waals surface area contributed by atoms with Gasteiger partial charge in [-0.25, -0.2) is 0 Å². The minimum absolute atomic E-state index is 0.0910. The summed E-state index contributed by atoms with van der Waals surface area (Å²) in [5, 5.41) is 4.39. The van der Waals surface area contributed by atoms with Crippen LogP contribution in [0.3, 0.4) is 0 Å². The van der Waals surface area contributed by atoms with Gasteiger partial charge in [-0.3, -0.25) is 0 Å². The summed E-state index contributed by atoms with van der Waals surface area (Å²) >= 11 is 0. The van der Waals surface area contributed by atoms with E-state index in [0.717, 1.165) is 82.1 Å². The van der Waals surface area contributed by atoms with Crippen LogP contribution in [0.5, 0.6) is 23.0 Å². The highest BCUT2D eigenvalue weighted by Crippen LogP contribution is 2.45. The van der Waals surface area contributed by atoms with Crippen molar-refractivity contribution < 1.29 is 37.9 Å². The average molecular weight is 571 g/mol. The predicted octanol–water partition coefficient (Wildman–Crippen LogP) is 5.26. The molecule has 0 spiro atoms. The first-order chi connectivity index (χ1) is 20.7. The molecule has 42 heavy (non-hydrogen) atoms. The Bertz CT molecular complexity index is 1470. The van der Waals surface area contributed by atoms with Gasteiger partial charge in [-0.2, -0.15) is 0 Å². The molecule has 0 radical (unpaired) electrons. The van der Waals surface area contributed by atoms with Crippen LogP contribution in [0.15, 0.2) is 60.7 Å². The quantitative estimate of drug-likeness (QED) is 0.190. The van der Waals surface area contributed by atoms with Crippen LogP contribution in [0.4, 0.5) is 0 Å². The van der Waals surface area contributed by atoms with E-state index >= 15 is 0 Å². The maximum Gasteiger partial charge on any atom is 0.123 e. The summed E-state index contributed by atoms with van der Waals surface area (Å²) < 4.78 is 46.7. The van der Waals surface area contributed by atoms with E-state index in [9.17, 15) is 0 Å². The minimum atomic E-state index is -0.0910. The van der Waals surface area contributed by atoms with Gasteiger partial charge in [0.25, 0.3) is 0 Å². The molecule has 4 aromatic rings. The second-order valence-electron chi connectivity index (χ2n) is 11.5. The monoisotopic (exact) mass is 570 g/mol. The molecule has 0 amide bonds. The van der Waals surface area contributed by atoms with E-state index in [-0.39, 0.29) is 30.3 Å². The summed E-state index contributed by atoms with van der Waals surface area (Å²) in [4.78, 5) is 0. The molecular weight excluding hydrogens is 536 g/mol. The van der Waals surface area contributed by atoms with Gasteiger partial charge in [-0.05, 0) is 57.9 Å². The summed E-state index contributed by atoms with van der Waals surface area (Å²) in [6.07, 6.45) is 0.645. The Morgan fingerprint density at radius 2 is 0.905 bits per heavy atom. The molecule has 4 atom stereocenters.